The van der Waals surface area contributed by atoms with E-state index in [4.69, 9.17) is 5.11 Å². The Morgan fingerprint density at radius 2 is 2.13 bits per heavy atom. The van der Waals surface area contributed by atoms with Crippen LogP contribution in [0, 0.1) is 0 Å². The number of rotatable bonds is 3. The largest absolute Gasteiger partial charge is 0.481 e. The quantitative estimate of drug-likeness (QED) is 0.820. The van der Waals surface area contributed by atoms with Crippen molar-refractivity contribution in [3.63, 3.8) is 0 Å². The molecule has 2 aromatic rings. The van der Waals surface area contributed by atoms with Crippen molar-refractivity contribution < 1.29 is 9.90 Å². The Labute approximate surface area is 86.8 Å². The minimum Gasteiger partial charge on any atom is -0.481 e. The summed E-state index contributed by atoms with van der Waals surface area (Å²) in [4.78, 5) is 10.7. The van der Waals surface area contributed by atoms with Crippen molar-refractivity contribution in [1.29, 1.82) is 0 Å². The van der Waals surface area contributed by atoms with Crippen LogP contribution in [-0.4, -0.2) is 20.9 Å². The summed E-state index contributed by atoms with van der Waals surface area (Å²) >= 11 is 0. The number of nitrogens with zero attached hydrogens (tertiary/aromatic N) is 2. The van der Waals surface area contributed by atoms with Crippen molar-refractivity contribution in [3.8, 4) is 5.69 Å². The number of aromatic nitrogens is 2. The maximum Gasteiger partial charge on any atom is 0.307 e. The summed E-state index contributed by atoms with van der Waals surface area (Å²) < 4.78 is 1.66. The standard InChI is InChI=1S/C11H10N2O2/c14-11(15)8-9-4-1-2-5-10(9)13-7-3-6-12-13/h1-7H,8H2,(H,14,15). The van der Waals surface area contributed by atoms with Crippen LogP contribution < -0.4 is 0 Å². The maximum absolute atomic E-state index is 10.7. The van der Waals surface area contributed by atoms with Gasteiger partial charge in [0.05, 0.1) is 12.1 Å². The average Bonchev–Trinajstić information content (AvgIpc) is 2.70. The molecule has 0 aliphatic carbocycles. The molecule has 1 aromatic heterocycles. The molecule has 0 spiro atoms. The molecule has 0 radical (unpaired) electrons. The maximum atomic E-state index is 10.7. The first-order valence-corrected chi connectivity index (χ1v) is 4.57. The van der Waals surface area contributed by atoms with Crippen LogP contribution in [0.1, 0.15) is 5.56 Å². The predicted molar refractivity (Wildman–Crippen MR) is 54.9 cm³/mol. The highest BCUT2D eigenvalue weighted by atomic mass is 16.4. The van der Waals surface area contributed by atoms with Crippen molar-refractivity contribution in [2.45, 2.75) is 6.42 Å². The van der Waals surface area contributed by atoms with Gasteiger partial charge in [-0.05, 0) is 17.7 Å². The van der Waals surface area contributed by atoms with E-state index in [2.05, 4.69) is 5.10 Å². The van der Waals surface area contributed by atoms with Gasteiger partial charge in [-0.25, -0.2) is 4.68 Å². The summed E-state index contributed by atoms with van der Waals surface area (Å²) in [5.74, 6) is -0.838. The van der Waals surface area contributed by atoms with Crippen LogP contribution in [0.15, 0.2) is 42.7 Å². The second-order valence-corrected chi connectivity index (χ2v) is 3.15. The van der Waals surface area contributed by atoms with E-state index in [0.29, 0.717) is 0 Å². The van der Waals surface area contributed by atoms with E-state index in [1.54, 1.807) is 29.2 Å². The third kappa shape index (κ3) is 2.04. The number of hydrogen-bond acceptors (Lipinski definition) is 2. The lowest BCUT2D eigenvalue weighted by Crippen LogP contribution is -2.05. The van der Waals surface area contributed by atoms with Crippen LogP contribution >= 0.6 is 0 Å². The van der Waals surface area contributed by atoms with Crippen molar-refractivity contribution in [3.05, 3.63) is 48.3 Å². The van der Waals surface area contributed by atoms with Gasteiger partial charge in [0.15, 0.2) is 0 Å². The van der Waals surface area contributed by atoms with Gasteiger partial charge in [0.2, 0.25) is 0 Å². The lowest BCUT2D eigenvalue weighted by atomic mass is 10.1. The molecule has 15 heavy (non-hydrogen) atoms. The molecule has 4 heteroatoms. The Balaban J connectivity index is 2.42. The van der Waals surface area contributed by atoms with Crippen LogP contribution in [0.25, 0.3) is 5.69 Å². The van der Waals surface area contributed by atoms with Gasteiger partial charge in [0, 0.05) is 12.4 Å². The molecular weight excluding hydrogens is 192 g/mol. The van der Waals surface area contributed by atoms with E-state index < -0.39 is 5.97 Å². The lowest BCUT2D eigenvalue weighted by Gasteiger charge is -2.06. The van der Waals surface area contributed by atoms with E-state index in [1.165, 1.54) is 0 Å². The number of aliphatic carboxylic acids is 1. The molecule has 0 atom stereocenters. The third-order valence-corrected chi connectivity index (χ3v) is 2.08. The van der Waals surface area contributed by atoms with Crippen LogP contribution in [0.3, 0.4) is 0 Å². The zero-order valence-electron chi connectivity index (χ0n) is 8.00. The fourth-order valence-corrected chi connectivity index (χ4v) is 1.46. The molecule has 0 bridgehead atoms. The zero-order chi connectivity index (χ0) is 10.7. The van der Waals surface area contributed by atoms with Gasteiger partial charge in [0.1, 0.15) is 0 Å². The molecule has 1 heterocycles. The lowest BCUT2D eigenvalue weighted by molar-refractivity contribution is -0.136. The second kappa shape index (κ2) is 3.96. The molecule has 0 saturated carbocycles. The number of benzene rings is 1. The summed E-state index contributed by atoms with van der Waals surface area (Å²) in [6.45, 7) is 0. The van der Waals surface area contributed by atoms with Gasteiger partial charge >= 0.3 is 5.97 Å². The van der Waals surface area contributed by atoms with Gasteiger partial charge in [0.25, 0.3) is 0 Å². The number of carboxylic acids is 1. The smallest absolute Gasteiger partial charge is 0.307 e. The van der Waals surface area contributed by atoms with Gasteiger partial charge < -0.3 is 5.11 Å². The Morgan fingerprint density at radius 3 is 2.80 bits per heavy atom. The van der Waals surface area contributed by atoms with Gasteiger partial charge in [-0.1, -0.05) is 18.2 Å². The van der Waals surface area contributed by atoms with Crippen molar-refractivity contribution in [1.82, 2.24) is 9.78 Å². The third-order valence-electron chi connectivity index (χ3n) is 2.08. The zero-order valence-corrected chi connectivity index (χ0v) is 8.00. The minimum atomic E-state index is -0.838. The molecular formula is C11H10N2O2. The molecule has 0 aliphatic heterocycles. The molecule has 1 N–H and O–H groups in total. The summed E-state index contributed by atoms with van der Waals surface area (Å²) in [6, 6.07) is 9.14. The summed E-state index contributed by atoms with van der Waals surface area (Å²) in [5.41, 5.74) is 1.57. The van der Waals surface area contributed by atoms with Crippen molar-refractivity contribution in [2.24, 2.45) is 0 Å². The van der Waals surface area contributed by atoms with E-state index in [9.17, 15) is 4.79 Å². The highest BCUT2D eigenvalue weighted by Gasteiger charge is 2.07. The summed E-state index contributed by atoms with van der Waals surface area (Å²) in [7, 11) is 0. The van der Waals surface area contributed by atoms with E-state index in [-0.39, 0.29) is 6.42 Å². The molecule has 1 aromatic carbocycles. The molecule has 0 aliphatic rings. The molecule has 2 rings (SSSR count). The first-order valence-electron chi connectivity index (χ1n) is 4.57. The minimum absolute atomic E-state index is 0.00995. The fraction of sp³-hybridized carbons (Fsp3) is 0.0909. The Hall–Kier alpha value is -2.10. The molecule has 0 amide bonds. The second-order valence-electron chi connectivity index (χ2n) is 3.15. The highest BCUT2D eigenvalue weighted by Crippen LogP contribution is 2.13. The van der Waals surface area contributed by atoms with E-state index in [0.717, 1.165) is 11.3 Å². The number of carbonyl (C=O) groups is 1. The average molecular weight is 202 g/mol. The Kier molecular flexibility index (Phi) is 2.49. The van der Waals surface area contributed by atoms with Gasteiger partial charge in [-0.3, -0.25) is 4.79 Å². The van der Waals surface area contributed by atoms with Crippen LogP contribution in [0.5, 0.6) is 0 Å². The monoisotopic (exact) mass is 202 g/mol. The fourth-order valence-electron chi connectivity index (χ4n) is 1.46. The summed E-state index contributed by atoms with van der Waals surface area (Å²) in [6.07, 6.45) is 3.47. The molecule has 76 valence electrons. The predicted octanol–water partition coefficient (Wildman–Crippen LogP) is 1.50. The molecule has 0 unspecified atom stereocenters. The first kappa shape index (κ1) is 9.45. The van der Waals surface area contributed by atoms with Gasteiger partial charge in [-0.2, -0.15) is 5.10 Å². The normalized spacial score (nSPS) is 10.1. The summed E-state index contributed by atoms with van der Waals surface area (Å²) in [5, 5.41) is 12.8. The van der Waals surface area contributed by atoms with E-state index in [1.807, 2.05) is 18.2 Å². The van der Waals surface area contributed by atoms with Crippen LogP contribution in [0.4, 0.5) is 0 Å². The first-order chi connectivity index (χ1) is 7.27. The number of carboxylic acid groups (broad SMARTS) is 1. The topological polar surface area (TPSA) is 55.1 Å². The molecule has 0 saturated heterocycles. The Bertz CT molecular complexity index is 463. The van der Waals surface area contributed by atoms with Crippen LogP contribution in [0.2, 0.25) is 0 Å². The van der Waals surface area contributed by atoms with Gasteiger partial charge in [-0.15, -0.1) is 0 Å². The molecule has 0 fully saturated rings. The molecule has 4 nitrogen and oxygen atoms in total. The van der Waals surface area contributed by atoms with Crippen LogP contribution in [-0.2, 0) is 11.2 Å². The highest BCUT2D eigenvalue weighted by molar-refractivity contribution is 5.71. The van der Waals surface area contributed by atoms with Crippen molar-refractivity contribution in [2.75, 3.05) is 0 Å². The number of para-hydroxylation sites is 1. The Morgan fingerprint density at radius 1 is 1.33 bits per heavy atom. The number of hydrogen-bond donors (Lipinski definition) is 1. The SMILES string of the molecule is O=C(O)Cc1ccccc1-n1cccn1. The van der Waals surface area contributed by atoms with E-state index >= 15 is 0 Å². The van der Waals surface area contributed by atoms with Crippen molar-refractivity contribution >= 4 is 5.97 Å².